The third-order valence-electron chi connectivity index (χ3n) is 3.88. The number of hydrogen-bond donors (Lipinski definition) is 1. The monoisotopic (exact) mass is 340 g/mol. The van der Waals surface area contributed by atoms with Gasteiger partial charge in [-0.2, -0.15) is 0 Å². The van der Waals surface area contributed by atoms with Crippen molar-refractivity contribution in [2.24, 2.45) is 11.7 Å². The van der Waals surface area contributed by atoms with Gasteiger partial charge in [-0.05, 0) is 43.9 Å². The molecular weight excluding hydrogens is 320 g/mol. The highest BCUT2D eigenvalue weighted by atomic mass is 79.9. The van der Waals surface area contributed by atoms with Gasteiger partial charge in [0.15, 0.2) is 0 Å². The van der Waals surface area contributed by atoms with E-state index in [-0.39, 0.29) is 11.9 Å². The Bertz CT molecular complexity index is 491. The molecule has 1 amide bonds. The lowest BCUT2D eigenvalue weighted by Gasteiger charge is -2.34. The van der Waals surface area contributed by atoms with Crippen molar-refractivity contribution < 1.29 is 9.53 Å². The van der Waals surface area contributed by atoms with E-state index in [2.05, 4.69) is 15.9 Å². The summed E-state index contributed by atoms with van der Waals surface area (Å²) < 4.78 is 6.21. The summed E-state index contributed by atoms with van der Waals surface area (Å²) in [5.41, 5.74) is 6.59. The fourth-order valence-electron chi connectivity index (χ4n) is 2.64. The van der Waals surface area contributed by atoms with E-state index in [1.807, 2.05) is 24.0 Å². The van der Waals surface area contributed by atoms with Crippen LogP contribution in [0.4, 0.5) is 0 Å². The number of halogens is 1. The van der Waals surface area contributed by atoms with Crippen LogP contribution in [0.2, 0.25) is 0 Å². The van der Waals surface area contributed by atoms with Crippen molar-refractivity contribution in [2.75, 3.05) is 20.2 Å². The molecule has 1 aromatic rings. The van der Waals surface area contributed by atoms with Crippen LogP contribution in [0.1, 0.15) is 30.1 Å². The van der Waals surface area contributed by atoms with E-state index in [1.54, 1.807) is 13.2 Å². The number of carbonyl (C=O) groups excluding carboxylic acids is 1. The molecule has 0 bridgehead atoms. The summed E-state index contributed by atoms with van der Waals surface area (Å²) >= 11 is 3.39. The summed E-state index contributed by atoms with van der Waals surface area (Å²) in [6.07, 6.45) is 2.11. The minimum Gasteiger partial charge on any atom is -0.496 e. The lowest BCUT2D eigenvalue weighted by molar-refractivity contribution is 0.0657. The van der Waals surface area contributed by atoms with Crippen LogP contribution < -0.4 is 10.5 Å². The Morgan fingerprint density at radius 3 is 2.95 bits per heavy atom. The predicted octanol–water partition coefficient (Wildman–Crippen LogP) is 2.66. The first-order valence-electron chi connectivity index (χ1n) is 6.91. The molecule has 20 heavy (non-hydrogen) atoms. The van der Waals surface area contributed by atoms with E-state index in [0.29, 0.717) is 17.2 Å². The van der Waals surface area contributed by atoms with E-state index in [4.69, 9.17) is 10.5 Å². The van der Waals surface area contributed by atoms with E-state index in [9.17, 15) is 4.79 Å². The molecule has 1 aliphatic rings. The zero-order valence-corrected chi connectivity index (χ0v) is 13.5. The number of nitrogens with two attached hydrogens (primary N) is 1. The summed E-state index contributed by atoms with van der Waals surface area (Å²) in [6.45, 7) is 3.54. The van der Waals surface area contributed by atoms with Gasteiger partial charge in [0.2, 0.25) is 0 Å². The molecule has 1 heterocycles. The van der Waals surface area contributed by atoms with Gasteiger partial charge in [0, 0.05) is 23.6 Å². The van der Waals surface area contributed by atoms with Gasteiger partial charge in [-0.15, -0.1) is 0 Å². The second-order valence-electron chi connectivity index (χ2n) is 5.36. The van der Waals surface area contributed by atoms with Gasteiger partial charge in [-0.25, -0.2) is 0 Å². The summed E-state index contributed by atoms with van der Waals surface area (Å²) in [5, 5.41) is 0. The van der Waals surface area contributed by atoms with E-state index >= 15 is 0 Å². The lowest BCUT2D eigenvalue weighted by Crippen LogP contribution is -2.45. The fourth-order valence-corrected chi connectivity index (χ4v) is 2.98. The van der Waals surface area contributed by atoms with Crippen molar-refractivity contribution in [3.8, 4) is 5.75 Å². The quantitative estimate of drug-likeness (QED) is 0.920. The Balaban J connectivity index is 2.18. The van der Waals surface area contributed by atoms with Crippen LogP contribution in [0, 0.1) is 5.92 Å². The first kappa shape index (κ1) is 15.3. The number of hydrogen-bond acceptors (Lipinski definition) is 3. The highest BCUT2D eigenvalue weighted by molar-refractivity contribution is 9.10. The van der Waals surface area contributed by atoms with Crippen molar-refractivity contribution in [3.05, 3.63) is 28.2 Å². The Morgan fingerprint density at radius 1 is 1.55 bits per heavy atom. The highest BCUT2D eigenvalue weighted by Crippen LogP contribution is 2.27. The molecule has 0 aliphatic carbocycles. The van der Waals surface area contributed by atoms with Crippen molar-refractivity contribution in [1.82, 2.24) is 4.90 Å². The molecule has 1 saturated heterocycles. The SMILES string of the molecule is COc1cc(Br)ccc1C(=O)N1CCC[C@@H]([C@@H](C)N)C1. The molecule has 1 aliphatic heterocycles. The number of nitrogens with zero attached hydrogens (tertiary/aromatic N) is 1. The van der Waals surface area contributed by atoms with Gasteiger partial charge in [0.25, 0.3) is 5.91 Å². The van der Waals surface area contributed by atoms with Crippen LogP contribution in [-0.2, 0) is 0 Å². The second kappa shape index (κ2) is 6.59. The lowest BCUT2D eigenvalue weighted by atomic mass is 9.92. The van der Waals surface area contributed by atoms with Gasteiger partial charge in [0.1, 0.15) is 5.75 Å². The number of rotatable bonds is 3. The maximum Gasteiger partial charge on any atom is 0.257 e. The minimum atomic E-state index is 0.0275. The maximum atomic E-state index is 12.6. The number of methoxy groups -OCH3 is 1. The number of piperidine rings is 1. The zero-order chi connectivity index (χ0) is 14.7. The van der Waals surface area contributed by atoms with Crippen molar-refractivity contribution in [1.29, 1.82) is 0 Å². The van der Waals surface area contributed by atoms with E-state index in [1.165, 1.54) is 0 Å². The Hall–Kier alpha value is -1.07. The Morgan fingerprint density at radius 2 is 2.30 bits per heavy atom. The van der Waals surface area contributed by atoms with Crippen molar-refractivity contribution >= 4 is 21.8 Å². The van der Waals surface area contributed by atoms with Crippen LogP contribution in [-0.4, -0.2) is 37.0 Å². The van der Waals surface area contributed by atoms with Crippen LogP contribution in [0.25, 0.3) is 0 Å². The predicted molar refractivity (Wildman–Crippen MR) is 83.0 cm³/mol. The number of carbonyl (C=O) groups is 1. The molecule has 110 valence electrons. The second-order valence-corrected chi connectivity index (χ2v) is 6.27. The van der Waals surface area contributed by atoms with Gasteiger partial charge < -0.3 is 15.4 Å². The first-order chi connectivity index (χ1) is 9.52. The smallest absolute Gasteiger partial charge is 0.257 e. The third-order valence-corrected chi connectivity index (χ3v) is 4.38. The molecule has 2 rings (SSSR count). The Kier molecular flexibility index (Phi) is 5.05. The molecule has 1 fully saturated rings. The van der Waals surface area contributed by atoms with E-state index in [0.717, 1.165) is 30.4 Å². The zero-order valence-electron chi connectivity index (χ0n) is 11.9. The first-order valence-corrected chi connectivity index (χ1v) is 7.70. The summed E-state index contributed by atoms with van der Waals surface area (Å²) in [4.78, 5) is 14.5. The topological polar surface area (TPSA) is 55.6 Å². The summed E-state index contributed by atoms with van der Waals surface area (Å²) in [6, 6.07) is 5.61. The summed E-state index contributed by atoms with van der Waals surface area (Å²) in [5.74, 6) is 1.01. The molecule has 0 radical (unpaired) electrons. The number of likely N-dealkylation sites (tertiary alicyclic amines) is 1. The van der Waals surface area contributed by atoms with Gasteiger partial charge >= 0.3 is 0 Å². The molecule has 4 nitrogen and oxygen atoms in total. The van der Waals surface area contributed by atoms with Crippen LogP contribution in [0.5, 0.6) is 5.75 Å². The fraction of sp³-hybridized carbons (Fsp3) is 0.533. The largest absolute Gasteiger partial charge is 0.496 e. The molecule has 2 atom stereocenters. The molecule has 1 aromatic carbocycles. The van der Waals surface area contributed by atoms with Crippen LogP contribution in [0.15, 0.2) is 22.7 Å². The molecule has 0 unspecified atom stereocenters. The standard InChI is InChI=1S/C15H21BrN2O2/c1-10(17)11-4-3-7-18(9-11)15(19)13-6-5-12(16)8-14(13)20-2/h5-6,8,10-11H,3-4,7,9,17H2,1-2H3/t10-,11-/m1/s1. The van der Waals surface area contributed by atoms with Crippen LogP contribution in [0.3, 0.4) is 0 Å². The highest BCUT2D eigenvalue weighted by Gasteiger charge is 2.27. The van der Waals surface area contributed by atoms with Gasteiger partial charge in [-0.3, -0.25) is 4.79 Å². The molecule has 0 spiro atoms. The number of ether oxygens (including phenoxy) is 1. The average molecular weight is 341 g/mol. The minimum absolute atomic E-state index is 0.0275. The summed E-state index contributed by atoms with van der Waals surface area (Å²) in [7, 11) is 1.58. The Labute approximate surface area is 128 Å². The maximum absolute atomic E-state index is 12.6. The molecule has 0 aromatic heterocycles. The third kappa shape index (κ3) is 3.33. The number of benzene rings is 1. The van der Waals surface area contributed by atoms with Gasteiger partial charge in [-0.1, -0.05) is 15.9 Å². The molecule has 5 heteroatoms. The normalized spacial score (nSPS) is 20.6. The van der Waals surface area contributed by atoms with Crippen molar-refractivity contribution in [3.63, 3.8) is 0 Å². The molecule has 2 N–H and O–H groups in total. The van der Waals surface area contributed by atoms with Crippen LogP contribution >= 0.6 is 15.9 Å². The van der Waals surface area contributed by atoms with Gasteiger partial charge in [0.05, 0.1) is 12.7 Å². The average Bonchev–Trinajstić information content (AvgIpc) is 2.46. The van der Waals surface area contributed by atoms with Crippen molar-refractivity contribution in [2.45, 2.75) is 25.8 Å². The van der Waals surface area contributed by atoms with E-state index < -0.39 is 0 Å². The number of amides is 1. The molecular formula is C15H21BrN2O2. The molecule has 0 saturated carbocycles.